The quantitative estimate of drug-likeness (QED) is 0.760. The van der Waals surface area contributed by atoms with Crippen LogP contribution in [0.1, 0.15) is 69.7 Å². The van der Waals surface area contributed by atoms with Gasteiger partial charge in [0.15, 0.2) is 0 Å². The van der Waals surface area contributed by atoms with Crippen molar-refractivity contribution in [3.05, 3.63) is 45.2 Å². The molecule has 1 aromatic heterocycles. The fraction of sp³-hybridized carbons (Fsp3) is 0.524. The summed E-state index contributed by atoms with van der Waals surface area (Å²) in [4.78, 5) is 6.00. The third kappa shape index (κ3) is 4.44. The van der Waals surface area contributed by atoms with E-state index < -0.39 is 0 Å². The molecule has 0 atom stereocenters. The lowest BCUT2D eigenvalue weighted by Gasteiger charge is -2.19. The number of thiazole rings is 1. The number of phenolic OH excluding ortho intramolecular Hbond substituents is 1. The van der Waals surface area contributed by atoms with E-state index >= 15 is 0 Å². The molecule has 3 rings (SSSR count). The van der Waals surface area contributed by atoms with Gasteiger partial charge < -0.3 is 5.11 Å². The number of aryl methyl sites for hydroxylation is 1. The van der Waals surface area contributed by atoms with Gasteiger partial charge >= 0.3 is 0 Å². The number of aromatic nitrogens is 1. The van der Waals surface area contributed by atoms with E-state index in [0.29, 0.717) is 11.8 Å². The fourth-order valence-corrected chi connectivity index (χ4v) is 4.38. The molecule has 26 heavy (non-hydrogen) atoms. The Morgan fingerprint density at radius 3 is 2.58 bits per heavy atom. The van der Waals surface area contributed by atoms with E-state index in [1.165, 1.54) is 37.8 Å². The number of aromatic hydroxyl groups is 1. The maximum absolute atomic E-state index is 9.71. The van der Waals surface area contributed by atoms with Gasteiger partial charge in [-0.1, -0.05) is 40.0 Å². The zero-order valence-corrected chi connectivity index (χ0v) is 17.0. The largest absolute Gasteiger partial charge is 0.508 e. The van der Waals surface area contributed by atoms with Crippen molar-refractivity contribution >= 4 is 17.6 Å². The molecular weight excluding hydrogens is 342 g/mol. The van der Waals surface area contributed by atoms with Crippen molar-refractivity contribution in [1.29, 1.82) is 0 Å². The van der Waals surface area contributed by atoms with Crippen LogP contribution in [-0.2, 0) is 5.41 Å². The number of rotatable bonds is 3. The topological polar surface area (TPSA) is 49.9 Å². The van der Waals surface area contributed by atoms with Crippen molar-refractivity contribution in [3.63, 3.8) is 0 Å². The highest BCUT2D eigenvalue weighted by Gasteiger charge is 2.20. The Morgan fingerprint density at radius 2 is 1.92 bits per heavy atom. The van der Waals surface area contributed by atoms with Crippen LogP contribution in [0.15, 0.2) is 33.7 Å². The molecule has 4 nitrogen and oxygen atoms in total. The summed E-state index contributed by atoms with van der Waals surface area (Å²) >= 11 is 1.68. The first-order valence-electron chi connectivity index (χ1n) is 9.43. The van der Waals surface area contributed by atoms with Crippen LogP contribution in [-0.4, -0.2) is 22.0 Å². The SMILES string of the molecule is Cc1cc(/C=N/n2c(C(C)(C)C)csc2=NC2CCCCC2)ccc1O. The highest BCUT2D eigenvalue weighted by molar-refractivity contribution is 7.07. The molecule has 1 aliphatic carbocycles. The lowest BCUT2D eigenvalue weighted by atomic mass is 9.93. The molecule has 0 bridgehead atoms. The van der Waals surface area contributed by atoms with E-state index in [-0.39, 0.29) is 5.41 Å². The summed E-state index contributed by atoms with van der Waals surface area (Å²) in [5, 5.41) is 16.7. The summed E-state index contributed by atoms with van der Waals surface area (Å²) in [5.41, 5.74) is 3.00. The summed E-state index contributed by atoms with van der Waals surface area (Å²) in [7, 11) is 0. The molecule has 0 aliphatic heterocycles. The van der Waals surface area contributed by atoms with Gasteiger partial charge in [0, 0.05) is 10.8 Å². The Bertz CT molecular complexity index is 849. The molecule has 0 radical (unpaired) electrons. The first-order chi connectivity index (χ1) is 12.3. The first kappa shape index (κ1) is 18.9. The van der Waals surface area contributed by atoms with E-state index in [1.54, 1.807) is 17.4 Å². The lowest BCUT2D eigenvalue weighted by Crippen LogP contribution is -2.24. The molecule has 0 amide bonds. The second-order valence-corrected chi connectivity index (χ2v) is 9.01. The minimum atomic E-state index is -0.000945. The van der Waals surface area contributed by atoms with Crippen LogP contribution in [0.3, 0.4) is 0 Å². The number of nitrogens with zero attached hydrogens (tertiary/aromatic N) is 3. The number of benzene rings is 1. The molecule has 0 spiro atoms. The number of hydrogen-bond acceptors (Lipinski definition) is 4. The molecule has 1 aliphatic rings. The van der Waals surface area contributed by atoms with Crippen molar-refractivity contribution in [3.8, 4) is 5.75 Å². The molecule has 2 aromatic rings. The van der Waals surface area contributed by atoms with E-state index in [1.807, 2.05) is 29.9 Å². The second-order valence-electron chi connectivity index (χ2n) is 8.18. The van der Waals surface area contributed by atoms with E-state index in [2.05, 4.69) is 26.2 Å². The predicted molar refractivity (Wildman–Crippen MR) is 109 cm³/mol. The molecule has 1 N–H and O–H groups in total. The molecule has 0 saturated heterocycles. The molecule has 1 aromatic carbocycles. The summed E-state index contributed by atoms with van der Waals surface area (Å²) in [6.45, 7) is 8.51. The summed E-state index contributed by atoms with van der Waals surface area (Å²) in [6.07, 6.45) is 8.12. The zero-order chi connectivity index (χ0) is 18.7. The Hall–Kier alpha value is -1.88. The third-order valence-electron chi connectivity index (χ3n) is 4.86. The highest BCUT2D eigenvalue weighted by atomic mass is 32.1. The van der Waals surface area contributed by atoms with Crippen LogP contribution in [0.5, 0.6) is 5.75 Å². The van der Waals surface area contributed by atoms with Gasteiger partial charge in [-0.2, -0.15) is 5.10 Å². The number of phenols is 1. The van der Waals surface area contributed by atoms with Crippen molar-refractivity contribution in [2.24, 2.45) is 10.1 Å². The van der Waals surface area contributed by atoms with Crippen LogP contribution in [0.4, 0.5) is 0 Å². The summed E-state index contributed by atoms with van der Waals surface area (Å²) in [6, 6.07) is 5.97. The Labute approximate surface area is 159 Å². The van der Waals surface area contributed by atoms with Gasteiger partial charge in [0.25, 0.3) is 0 Å². The van der Waals surface area contributed by atoms with Crippen LogP contribution in [0.25, 0.3) is 0 Å². The standard InChI is InChI=1S/C21H29N3OS/c1-15-12-16(10-11-18(15)25)13-22-24-19(21(2,3)4)14-26-20(24)23-17-8-6-5-7-9-17/h10-14,17,25H,5-9H2,1-4H3/b22-13+,23-20?. The molecule has 0 unspecified atom stereocenters. The maximum atomic E-state index is 9.71. The van der Waals surface area contributed by atoms with Crippen LogP contribution < -0.4 is 4.80 Å². The molecular formula is C21H29N3OS. The van der Waals surface area contributed by atoms with Gasteiger partial charge in [-0.3, -0.25) is 4.99 Å². The molecule has 1 heterocycles. The molecule has 1 fully saturated rings. The summed E-state index contributed by atoms with van der Waals surface area (Å²) < 4.78 is 2.00. The molecule has 5 heteroatoms. The van der Waals surface area contributed by atoms with Gasteiger partial charge in [0.2, 0.25) is 4.80 Å². The van der Waals surface area contributed by atoms with E-state index in [9.17, 15) is 5.11 Å². The van der Waals surface area contributed by atoms with Gasteiger partial charge in [-0.15, -0.1) is 11.3 Å². The maximum Gasteiger partial charge on any atom is 0.206 e. The van der Waals surface area contributed by atoms with Crippen LogP contribution in [0, 0.1) is 6.92 Å². The molecule has 140 valence electrons. The summed E-state index contributed by atoms with van der Waals surface area (Å²) in [5.74, 6) is 0.314. The Morgan fingerprint density at radius 1 is 1.19 bits per heavy atom. The zero-order valence-electron chi connectivity index (χ0n) is 16.2. The average molecular weight is 372 g/mol. The Kier molecular flexibility index (Phi) is 5.66. The van der Waals surface area contributed by atoms with E-state index in [4.69, 9.17) is 10.1 Å². The Balaban J connectivity index is 1.99. The smallest absolute Gasteiger partial charge is 0.206 e. The van der Waals surface area contributed by atoms with Gasteiger partial charge in [0.1, 0.15) is 5.75 Å². The lowest BCUT2D eigenvalue weighted by molar-refractivity contribution is 0.433. The van der Waals surface area contributed by atoms with Gasteiger partial charge in [-0.25, -0.2) is 4.68 Å². The minimum absolute atomic E-state index is 0.000945. The number of hydrogen-bond donors (Lipinski definition) is 1. The van der Waals surface area contributed by atoms with Crippen molar-refractivity contribution in [2.45, 2.75) is 71.3 Å². The van der Waals surface area contributed by atoms with Gasteiger partial charge in [-0.05, 0) is 49.1 Å². The highest BCUT2D eigenvalue weighted by Crippen LogP contribution is 2.24. The minimum Gasteiger partial charge on any atom is -0.508 e. The normalized spacial score (nSPS) is 17.3. The monoisotopic (exact) mass is 371 g/mol. The van der Waals surface area contributed by atoms with E-state index in [0.717, 1.165) is 15.9 Å². The van der Waals surface area contributed by atoms with Crippen molar-refractivity contribution in [1.82, 2.24) is 4.68 Å². The average Bonchev–Trinajstić information content (AvgIpc) is 3.00. The molecule has 1 saturated carbocycles. The van der Waals surface area contributed by atoms with Crippen molar-refractivity contribution in [2.75, 3.05) is 0 Å². The second kappa shape index (κ2) is 7.78. The first-order valence-corrected chi connectivity index (χ1v) is 10.3. The van der Waals surface area contributed by atoms with Crippen LogP contribution in [0.2, 0.25) is 0 Å². The van der Waals surface area contributed by atoms with Gasteiger partial charge in [0.05, 0.1) is 18.0 Å². The third-order valence-corrected chi connectivity index (χ3v) is 5.69. The predicted octanol–water partition coefficient (Wildman–Crippen LogP) is 4.98. The van der Waals surface area contributed by atoms with Crippen LogP contribution >= 0.6 is 11.3 Å². The van der Waals surface area contributed by atoms with Crippen molar-refractivity contribution < 1.29 is 5.11 Å². The fourth-order valence-electron chi connectivity index (χ4n) is 3.25.